The van der Waals surface area contributed by atoms with Gasteiger partial charge in [0.1, 0.15) is 5.82 Å². The number of rotatable bonds is 8. The van der Waals surface area contributed by atoms with Crippen LogP contribution >= 0.6 is 0 Å². The van der Waals surface area contributed by atoms with E-state index in [-0.39, 0.29) is 11.9 Å². The smallest absolute Gasteiger partial charge is 0.223 e. The Labute approximate surface area is 166 Å². The minimum absolute atomic E-state index is 0.0359. The molecule has 1 aliphatic carbocycles. The molecule has 1 aromatic heterocycles. The largest absolute Gasteiger partial charge is 0.374 e. The molecule has 0 bridgehead atoms. The maximum atomic E-state index is 13.9. The molecule has 4 nitrogen and oxygen atoms in total. The molecule has 0 amide bonds. The Morgan fingerprint density at radius 1 is 1.36 bits per heavy atom. The highest BCUT2D eigenvalue weighted by Gasteiger charge is 2.22. The van der Waals surface area contributed by atoms with Crippen LogP contribution < -0.4 is 5.32 Å². The zero-order valence-electron chi connectivity index (χ0n) is 16.7. The lowest BCUT2D eigenvalue weighted by Gasteiger charge is -2.24. The molecule has 0 radical (unpaired) electrons. The molecule has 1 atom stereocenters. The van der Waals surface area contributed by atoms with Gasteiger partial charge in [0.05, 0.1) is 11.7 Å². The van der Waals surface area contributed by atoms with Crippen LogP contribution in [0, 0.1) is 12.7 Å². The molecule has 3 rings (SSSR count). The molecule has 28 heavy (non-hydrogen) atoms. The highest BCUT2D eigenvalue weighted by atomic mass is 19.1. The summed E-state index contributed by atoms with van der Waals surface area (Å²) in [5, 5.41) is 3.32. The molecule has 0 aliphatic heterocycles. The van der Waals surface area contributed by atoms with Crippen LogP contribution in [0.3, 0.4) is 0 Å². The van der Waals surface area contributed by atoms with Crippen molar-refractivity contribution in [2.24, 2.45) is 0 Å². The van der Waals surface area contributed by atoms with Gasteiger partial charge in [-0.25, -0.2) is 14.4 Å². The SMILES string of the molecule is C=C/C=C(\C=C/N(C)C(C)c1ccc(C)c(F)c1)c1ccnc(NC2CC2)n1. The van der Waals surface area contributed by atoms with Crippen LogP contribution in [0.1, 0.15) is 42.6 Å². The van der Waals surface area contributed by atoms with Crippen LogP contribution in [0.4, 0.5) is 10.3 Å². The molecule has 1 heterocycles. The fourth-order valence-corrected chi connectivity index (χ4v) is 2.78. The molecule has 1 aliphatic rings. The van der Waals surface area contributed by atoms with Gasteiger partial charge in [0.2, 0.25) is 5.95 Å². The number of nitrogens with zero attached hydrogens (tertiary/aromatic N) is 3. The number of aromatic nitrogens is 2. The second-order valence-corrected chi connectivity index (χ2v) is 7.21. The van der Waals surface area contributed by atoms with Gasteiger partial charge < -0.3 is 10.2 Å². The van der Waals surface area contributed by atoms with Crippen molar-refractivity contribution in [1.29, 1.82) is 0 Å². The molecule has 146 valence electrons. The number of anilines is 1. The molecule has 1 unspecified atom stereocenters. The number of aryl methyl sites for hydroxylation is 1. The third-order valence-electron chi connectivity index (χ3n) is 4.94. The van der Waals surface area contributed by atoms with Crippen molar-refractivity contribution in [2.75, 3.05) is 12.4 Å². The van der Waals surface area contributed by atoms with E-state index in [0.29, 0.717) is 17.6 Å². The summed E-state index contributed by atoms with van der Waals surface area (Å²) in [6, 6.07) is 7.81. The first-order valence-corrected chi connectivity index (χ1v) is 9.57. The van der Waals surface area contributed by atoms with Crippen molar-refractivity contribution in [2.45, 2.75) is 38.8 Å². The third-order valence-corrected chi connectivity index (χ3v) is 4.94. The van der Waals surface area contributed by atoms with Crippen LogP contribution in [0.15, 0.2) is 61.5 Å². The van der Waals surface area contributed by atoms with Crippen molar-refractivity contribution in [3.8, 4) is 0 Å². The van der Waals surface area contributed by atoms with E-state index in [0.717, 1.165) is 16.8 Å². The Balaban J connectivity index is 1.75. The number of hydrogen-bond donors (Lipinski definition) is 1. The lowest BCUT2D eigenvalue weighted by molar-refractivity contribution is 0.360. The van der Waals surface area contributed by atoms with Crippen LogP contribution in [0.2, 0.25) is 0 Å². The van der Waals surface area contributed by atoms with E-state index in [1.54, 1.807) is 25.3 Å². The number of hydrogen-bond acceptors (Lipinski definition) is 4. The van der Waals surface area contributed by atoms with E-state index >= 15 is 0 Å². The Kier molecular flexibility index (Phi) is 6.24. The Bertz CT molecular complexity index is 899. The van der Waals surface area contributed by atoms with Crippen molar-refractivity contribution < 1.29 is 4.39 Å². The van der Waals surface area contributed by atoms with E-state index in [1.807, 2.05) is 55.4 Å². The van der Waals surface area contributed by atoms with E-state index in [9.17, 15) is 4.39 Å². The van der Waals surface area contributed by atoms with Crippen molar-refractivity contribution in [3.05, 3.63) is 84.1 Å². The van der Waals surface area contributed by atoms with E-state index in [4.69, 9.17) is 0 Å². The summed E-state index contributed by atoms with van der Waals surface area (Å²) in [6.07, 6.45) is 11.7. The zero-order valence-corrected chi connectivity index (χ0v) is 16.7. The first kappa shape index (κ1) is 19.8. The maximum Gasteiger partial charge on any atom is 0.223 e. The predicted molar refractivity (Wildman–Crippen MR) is 113 cm³/mol. The topological polar surface area (TPSA) is 41.1 Å². The Morgan fingerprint density at radius 3 is 2.82 bits per heavy atom. The molecule has 1 N–H and O–H groups in total. The first-order valence-electron chi connectivity index (χ1n) is 9.57. The Hall–Kier alpha value is -2.95. The minimum atomic E-state index is -0.175. The Morgan fingerprint density at radius 2 is 2.14 bits per heavy atom. The molecule has 0 spiro atoms. The van der Waals surface area contributed by atoms with Gasteiger partial charge >= 0.3 is 0 Å². The fraction of sp³-hybridized carbons (Fsp3) is 0.304. The standard InChI is InChI=1S/C23H27FN4/c1-5-6-18(22-11-13-25-23(27-22)26-20-9-10-20)12-14-28(4)17(3)19-8-7-16(2)21(24)15-19/h5-8,11-15,17,20H,1,9-10H2,2-4H3,(H,25,26,27)/b14-12-,18-6+. The van der Waals surface area contributed by atoms with Gasteiger partial charge in [-0.05, 0) is 62.2 Å². The lowest BCUT2D eigenvalue weighted by Crippen LogP contribution is -2.16. The summed E-state index contributed by atoms with van der Waals surface area (Å²) in [5.74, 6) is 0.478. The summed E-state index contributed by atoms with van der Waals surface area (Å²) < 4.78 is 13.9. The van der Waals surface area contributed by atoms with Gasteiger partial charge in [-0.1, -0.05) is 30.9 Å². The first-order chi connectivity index (χ1) is 13.5. The molecular formula is C23H27FN4. The van der Waals surface area contributed by atoms with Crippen LogP contribution in [-0.4, -0.2) is 28.0 Å². The normalized spacial score (nSPS) is 15.5. The molecule has 1 fully saturated rings. The van der Waals surface area contributed by atoms with E-state index < -0.39 is 0 Å². The summed E-state index contributed by atoms with van der Waals surface area (Å²) in [4.78, 5) is 11.0. The third kappa shape index (κ3) is 5.06. The molecule has 2 aromatic rings. The number of allylic oxidation sites excluding steroid dienone is 4. The number of benzene rings is 1. The fourth-order valence-electron chi connectivity index (χ4n) is 2.78. The molecule has 0 saturated heterocycles. The van der Waals surface area contributed by atoms with Crippen molar-refractivity contribution in [1.82, 2.24) is 14.9 Å². The van der Waals surface area contributed by atoms with Gasteiger partial charge in [-0.3, -0.25) is 0 Å². The van der Waals surface area contributed by atoms with E-state index in [1.165, 1.54) is 12.8 Å². The van der Waals surface area contributed by atoms with Crippen molar-refractivity contribution in [3.63, 3.8) is 0 Å². The summed E-state index contributed by atoms with van der Waals surface area (Å²) in [6.45, 7) is 7.63. The highest BCUT2D eigenvalue weighted by Crippen LogP contribution is 2.25. The summed E-state index contributed by atoms with van der Waals surface area (Å²) >= 11 is 0. The molecule has 1 saturated carbocycles. The van der Waals surface area contributed by atoms with Crippen LogP contribution in [0.25, 0.3) is 5.57 Å². The maximum absolute atomic E-state index is 13.9. The highest BCUT2D eigenvalue weighted by molar-refractivity contribution is 5.73. The van der Waals surface area contributed by atoms with Gasteiger partial charge in [0.15, 0.2) is 0 Å². The number of halogens is 1. The average molecular weight is 378 g/mol. The molecule has 1 aromatic carbocycles. The lowest BCUT2D eigenvalue weighted by atomic mass is 10.1. The van der Waals surface area contributed by atoms with Crippen LogP contribution in [0.5, 0.6) is 0 Å². The zero-order chi connectivity index (χ0) is 20.1. The second-order valence-electron chi connectivity index (χ2n) is 7.21. The van der Waals surface area contributed by atoms with Gasteiger partial charge in [0.25, 0.3) is 0 Å². The minimum Gasteiger partial charge on any atom is -0.374 e. The number of nitrogens with one attached hydrogen (secondary N) is 1. The average Bonchev–Trinajstić information content (AvgIpc) is 3.50. The van der Waals surface area contributed by atoms with Gasteiger partial charge in [-0.2, -0.15) is 0 Å². The monoisotopic (exact) mass is 378 g/mol. The second kappa shape index (κ2) is 8.83. The van der Waals surface area contributed by atoms with Crippen LogP contribution in [-0.2, 0) is 0 Å². The predicted octanol–water partition coefficient (Wildman–Crippen LogP) is 5.27. The quantitative estimate of drug-likeness (QED) is 0.635. The molecule has 5 heteroatoms. The van der Waals surface area contributed by atoms with Crippen molar-refractivity contribution >= 4 is 11.5 Å². The van der Waals surface area contributed by atoms with Gasteiger partial charge in [0, 0.05) is 24.9 Å². The van der Waals surface area contributed by atoms with Gasteiger partial charge in [-0.15, -0.1) is 0 Å². The van der Waals surface area contributed by atoms with E-state index in [2.05, 4.69) is 21.9 Å². The molecular weight excluding hydrogens is 351 g/mol. The summed E-state index contributed by atoms with van der Waals surface area (Å²) in [5.41, 5.74) is 3.36. The summed E-state index contributed by atoms with van der Waals surface area (Å²) in [7, 11) is 1.98.